The summed E-state index contributed by atoms with van der Waals surface area (Å²) in [5.41, 5.74) is 6.68. The van der Waals surface area contributed by atoms with Gasteiger partial charge in [-0.2, -0.15) is 0 Å². The van der Waals surface area contributed by atoms with E-state index in [1.165, 1.54) is 7.11 Å². The van der Waals surface area contributed by atoms with Crippen molar-refractivity contribution < 1.29 is 19.1 Å². The van der Waals surface area contributed by atoms with Gasteiger partial charge in [0.1, 0.15) is 0 Å². The summed E-state index contributed by atoms with van der Waals surface area (Å²) >= 11 is 0. The van der Waals surface area contributed by atoms with Crippen molar-refractivity contribution in [3.05, 3.63) is 42.0 Å². The lowest BCUT2D eigenvalue weighted by atomic mass is 10.0. The molecule has 0 aliphatic rings. The normalized spacial score (nSPS) is 11.9. The van der Waals surface area contributed by atoms with E-state index in [1.54, 1.807) is 12.1 Å². The quantitative estimate of drug-likeness (QED) is 0.436. The third kappa shape index (κ3) is 4.93. The van der Waals surface area contributed by atoms with Crippen LogP contribution in [0.4, 0.5) is 5.69 Å². The molecule has 0 radical (unpaired) electrons. The number of fused-ring (bicyclic) bond motifs is 1. The van der Waals surface area contributed by atoms with E-state index in [1.807, 2.05) is 31.2 Å². The van der Waals surface area contributed by atoms with E-state index in [9.17, 15) is 9.59 Å². The number of nitrogen functional groups attached to an aromatic ring is 1. The Hall–Kier alpha value is -2.60. The third-order valence-corrected chi connectivity index (χ3v) is 3.88. The maximum atomic E-state index is 12.6. The number of nitrogens with one attached hydrogen (secondary N) is 1. The SMILES string of the molecule is CCCCOC[C@H](NC(=O)c1cc2ccccc2cc1N)C(=O)OC. The van der Waals surface area contributed by atoms with Crippen molar-refractivity contribution in [2.24, 2.45) is 0 Å². The van der Waals surface area contributed by atoms with Crippen LogP contribution in [-0.4, -0.2) is 38.2 Å². The molecule has 0 spiro atoms. The minimum atomic E-state index is -0.875. The lowest BCUT2D eigenvalue weighted by molar-refractivity contribution is -0.144. The number of carbonyl (C=O) groups is 2. The molecule has 134 valence electrons. The van der Waals surface area contributed by atoms with Crippen LogP contribution in [0.3, 0.4) is 0 Å². The number of amides is 1. The van der Waals surface area contributed by atoms with Gasteiger partial charge in [-0.1, -0.05) is 37.6 Å². The van der Waals surface area contributed by atoms with Crippen LogP contribution in [0.1, 0.15) is 30.1 Å². The molecule has 6 heteroatoms. The van der Waals surface area contributed by atoms with E-state index < -0.39 is 17.9 Å². The van der Waals surface area contributed by atoms with Crippen LogP contribution >= 0.6 is 0 Å². The van der Waals surface area contributed by atoms with E-state index >= 15 is 0 Å². The van der Waals surface area contributed by atoms with Crippen molar-refractivity contribution in [2.75, 3.05) is 26.1 Å². The number of nitrogens with two attached hydrogens (primary N) is 1. The van der Waals surface area contributed by atoms with Gasteiger partial charge in [-0.3, -0.25) is 4.79 Å². The van der Waals surface area contributed by atoms with Crippen molar-refractivity contribution in [3.63, 3.8) is 0 Å². The smallest absolute Gasteiger partial charge is 0.330 e. The van der Waals surface area contributed by atoms with E-state index in [0.717, 1.165) is 23.6 Å². The first-order valence-electron chi connectivity index (χ1n) is 8.31. The number of methoxy groups -OCH3 is 1. The van der Waals surface area contributed by atoms with E-state index in [0.29, 0.717) is 17.9 Å². The molecule has 1 amide bonds. The molecule has 0 aliphatic heterocycles. The van der Waals surface area contributed by atoms with Crippen LogP contribution in [0, 0.1) is 0 Å². The molecular formula is C19H24N2O4. The number of carbonyl (C=O) groups excluding carboxylic acids is 2. The summed E-state index contributed by atoms with van der Waals surface area (Å²) in [5, 5.41) is 4.49. The molecule has 0 fully saturated rings. The minimum absolute atomic E-state index is 0.0614. The average Bonchev–Trinajstić information content (AvgIpc) is 2.62. The summed E-state index contributed by atoms with van der Waals surface area (Å²) in [5.74, 6) is -0.984. The number of esters is 1. The first kappa shape index (κ1) is 18.7. The van der Waals surface area contributed by atoms with Gasteiger partial charge >= 0.3 is 5.97 Å². The lowest BCUT2D eigenvalue weighted by Gasteiger charge is -2.17. The minimum Gasteiger partial charge on any atom is -0.467 e. The highest BCUT2D eigenvalue weighted by Gasteiger charge is 2.23. The predicted molar refractivity (Wildman–Crippen MR) is 97.4 cm³/mol. The van der Waals surface area contributed by atoms with Gasteiger partial charge in [0.05, 0.1) is 19.3 Å². The molecule has 0 saturated carbocycles. The summed E-state index contributed by atoms with van der Waals surface area (Å²) in [6.45, 7) is 2.63. The number of ether oxygens (including phenoxy) is 2. The second-order valence-electron chi connectivity index (χ2n) is 5.76. The second kappa shape index (κ2) is 9.03. The average molecular weight is 344 g/mol. The van der Waals surface area contributed by atoms with Crippen LogP contribution in [0.25, 0.3) is 10.8 Å². The van der Waals surface area contributed by atoms with E-state index in [2.05, 4.69) is 5.32 Å². The molecule has 0 aliphatic carbocycles. The number of rotatable bonds is 8. The fourth-order valence-electron chi connectivity index (χ4n) is 2.45. The van der Waals surface area contributed by atoms with Crippen molar-refractivity contribution >= 4 is 28.3 Å². The maximum absolute atomic E-state index is 12.6. The highest BCUT2D eigenvalue weighted by Crippen LogP contribution is 2.22. The Morgan fingerprint density at radius 3 is 2.52 bits per heavy atom. The molecule has 0 unspecified atom stereocenters. The number of anilines is 1. The van der Waals surface area contributed by atoms with Crippen molar-refractivity contribution in [1.82, 2.24) is 5.32 Å². The van der Waals surface area contributed by atoms with Gasteiger partial charge in [0, 0.05) is 12.3 Å². The summed E-state index contributed by atoms with van der Waals surface area (Å²) in [6.07, 6.45) is 1.88. The Kier molecular flexibility index (Phi) is 6.77. The van der Waals surface area contributed by atoms with Gasteiger partial charge < -0.3 is 20.5 Å². The topological polar surface area (TPSA) is 90.6 Å². The standard InChI is InChI=1S/C19H24N2O4/c1-3-4-9-25-12-17(19(23)24-2)21-18(22)15-10-13-7-5-6-8-14(13)11-16(15)20/h5-8,10-11,17H,3-4,9,12,20H2,1-2H3,(H,21,22)/t17-/m0/s1. The van der Waals surface area contributed by atoms with E-state index in [4.69, 9.17) is 15.2 Å². The molecule has 1 atom stereocenters. The van der Waals surface area contributed by atoms with E-state index in [-0.39, 0.29) is 6.61 Å². The largest absolute Gasteiger partial charge is 0.467 e. The van der Waals surface area contributed by atoms with Gasteiger partial charge in [-0.15, -0.1) is 0 Å². The molecule has 0 bridgehead atoms. The van der Waals surface area contributed by atoms with Crippen LogP contribution in [0.2, 0.25) is 0 Å². The van der Waals surface area contributed by atoms with Gasteiger partial charge in [0.2, 0.25) is 0 Å². The number of hydrogen-bond donors (Lipinski definition) is 2. The Morgan fingerprint density at radius 1 is 1.20 bits per heavy atom. The maximum Gasteiger partial charge on any atom is 0.330 e. The highest BCUT2D eigenvalue weighted by atomic mass is 16.5. The molecular weight excluding hydrogens is 320 g/mol. The van der Waals surface area contributed by atoms with Gasteiger partial charge in [-0.05, 0) is 29.3 Å². The molecule has 2 aromatic rings. The number of benzene rings is 2. The molecule has 6 nitrogen and oxygen atoms in total. The Balaban J connectivity index is 2.14. The zero-order valence-electron chi connectivity index (χ0n) is 14.6. The van der Waals surface area contributed by atoms with Gasteiger partial charge in [0.15, 0.2) is 6.04 Å². The predicted octanol–water partition coefficient (Wildman–Crippen LogP) is 2.51. The first-order chi connectivity index (χ1) is 12.1. The fraction of sp³-hybridized carbons (Fsp3) is 0.368. The van der Waals surface area contributed by atoms with Gasteiger partial charge in [-0.25, -0.2) is 4.79 Å². The molecule has 0 aromatic heterocycles. The lowest BCUT2D eigenvalue weighted by Crippen LogP contribution is -2.45. The Labute approximate surface area is 147 Å². The van der Waals surface area contributed by atoms with Crippen molar-refractivity contribution in [2.45, 2.75) is 25.8 Å². The second-order valence-corrected chi connectivity index (χ2v) is 5.76. The zero-order valence-corrected chi connectivity index (χ0v) is 14.6. The Bertz CT molecular complexity index is 745. The number of hydrogen-bond acceptors (Lipinski definition) is 5. The third-order valence-electron chi connectivity index (χ3n) is 3.88. The summed E-state index contributed by atoms with van der Waals surface area (Å²) in [4.78, 5) is 24.5. The molecule has 3 N–H and O–H groups in total. The summed E-state index contributed by atoms with van der Waals surface area (Å²) in [7, 11) is 1.28. The van der Waals surface area contributed by atoms with Crippen LogP contribution in [-0.2, 0) is 14.3 Å². The fourth-order valence-corrected chi connectivity index (χ4v) is 2.45. The highest BCUT2D eigenvalue weighted by molar-refractivity contribution is 6.05. The monoisotopic (exact) mass is 344 g/mol. The molecule has 25 heavy (non-hydrogen) atoms. The van der Waals surface area contributed by atoms with Gasteiger partial charge in [0.25, 0.3) is 5.91 Å². The molecule has 2 aromatic carbocycles. The molecule has 2 rings (SSSR count). The van der Waals surface area contributed by atoms with Crippen LogP contribution in [0.15, 0.2) is 36.4 Å². The van der Waals surface area contributed by atoms with Crippen molar-refractivity contribution in [3.8, 4) is 0 Å². The van der Waals surface area contributed by atoms with Crippen molar-refractivity contribution in [1.29, 1.82) is 0 Å². The molecule has 0 saturated heterocycles. The molecule has 0 heterocycles. The summed E-state index contributed by atoms with van der Waals surface area (Å²) < 4.78 is 10.2. The Morgan fingerprint density at radius 2 is 1.88 bits per heavy atom. The summed E-state index contributed by atoms with van der Waals surface area (Å²) in [6, 6.07) is 10.2. The first-order valence-corrected chi connectivity index (χ1v) is 8.31. The zero-order chi connectivity index (χ0) is 18.2. The van der Waals surface area contributed by atoms with Crippen LogP contribution in [0.5, 0.6) is 0 Å². The number of unbranched alkanes of at least 4 members (excludes halogenated alkanes) is 1. The van der Waals surface area contributed by atoms with Crippen LogP contribution < -0.4 is 11.1 Å².